The number of anilines is 1. The van der Waals surface area contributed by atoms with Gasteiger partial charge in [0.1, 0.15) is 0 Å². The molecule has 0 fully saturated rings. The minimum absolute atomic E-state index is 0.189. The van der Waals surface area contributed by atoms with Crippen LogP contribution >= 0.6 is 15.9 Å². The van der Waals surface area contributed by atoms with E-state index in [1.165, 1.54) is 5.56 Å². The Kier molecular flexibility index (Phi) is 3.01. The van der Waals surface area contributed by atoms with Gasteiger partial charge in [-0.25, -0.2) is 0 Å². The first-order valence-corrected chi connectivity index (χ1v) is 5.33. The molecule has 0 bridgehead atoms. The third kappa shape index (κ3) is 2.05. The van der Waals surface area contributed by atoms with Crippen LogP contribution in [0.3, 0.4) is 0 Å². The van der Waals surface area contributed by atoms with Crippen LogP contribution in [-0.4, -0.2) is 0 Å². The molecule has 1 aromatic rings. The molecule has 13 heavy (non-hydrogen) atoms. The van der Waals surface area contributed by atoms with Gasteiger partial charge in [-0.3, -0.25) is 0 Å². The molecule has 0 aromatic heterocycles. The molecule has 1 aromatic carbocycles. The lowest BCUT2D eigenvalue weighted by Gasteiger charge is -2.25. The highest BCUT2D eigenvalue weighted by Crippen LogP contribution is 2.35. The Morgan fingerprint density at radius 1 is 1.38 bits per heavy atom. The summed E-state index contributed by atoms with van der Waals surface area (Å²) in [6.07, 6.45) is 1.11. The molecule has 0 atom stereocenters. The Morgan fingerprint density at radius 2 is 2.00 bits per heavy atom. The van der Waals surface area contributed by atoms with Crippen molar-refractivity contribution in [3.8, 4) is 0 Å². The fourth-order valence-corrected chi connectivity index (χ4v) is 2.06. The molecular formula is C11H16BrN. The summed E-state index contributed by atoms with van der Waals surface area (Å²) in [4.78, 5) is 0. The lowest BCUT2D eigenvalue weighted by molar-refractivity contribution is 0.504. The molecule has 0 aliphatic heterocycles. The first kappa shape index (κ1) is 10.6. The van der Waals surface area contributed by atoms with Gasteiger partial charge in [0.15, 0.2) is 0 Å². The predicted octanol–water partition coefficient (Wildman–Crippen LogP) is 3.72. The van der Waals surface area contributed by atoms with Crippen molar-refractivity contribution in [1.82, 2.24) is 0 Å². The fourth-order valence-electron chi connectivity index (χ4n) is 1.26. The third-order valence-electron chi connectivity index (χ3n) is 2.64. The molecule has 0 aliphatic rings. The molecule has 0 heterocycles. The minimum atomic E-state index is 0.189. The highest BCUT2D eigenvalue weighted by atomic mass is 79.9. The van der Waals surface area contributed by atoms with Gasteiger partial charge < -0.3 is 5.73 Å². The second-order valence-electron chi connectivity index (χ2n) is 3.95. The van der Waals surface area contributed by atoms with Crippen molar-refractivity contribution >= 4 is 21.6 Å². The first-order chi connectivity index (χ1) is 5.99. The second-order valence-corrected chi connectivity index (χ2v) is 4.74. The number of nitrogen functional groups attached to an aromatic ring is 1. The summed E-state index contributed by atoms with van der Waals surface area (Å²) in [5.41, 5.74) is 8.12. The molecule has 0 spiro atoms. The number of benzene rings is 1. The van der Waals surface area contributed by atoms with Crippen molar-refractivity contribution in [1.29, 1.82) is 0 Å². The van der Waals surface area contributed by atoms with E-state index in [-0.39, 0.29) is 5.41 Å². The van der Waals surface area contributed by atoms with E-state index in [9.17, 15) is 0 Å². The topological polar surface area (TPSA) is 26.0 Å². The minimum Gasteiger partial charge on any atom is -0.398 e. The average molecular weight is 242 g/mol. The maximum Gasteiger partial charge on any atom is 0.0461 e. The molecule has 0 aliphatic carbocycles. The van der Waals surface area contributed by atoms with Gasteiger partial charge in [-0.1, -0.05) is 32.9 Å². The van der Waals surface area contributed by atoms with Crippen molar-refractivity contribution in [2.45, 2.75) is 32.6 Å². The van der Waals surface area contributed by atoms with Gasteiger partial charge in [0.2, 0.25) is 0 Å². The molecule has 0 radical (unpaired) electrons. The van der Waals surface area contributed by atoms with Crippen molar-refractivity contribution < 1.29 is 0 Å². The van der Waals surface area contributed by atoms with Crippen LogP contribution in [-0.2, 0) is 5.41 Å². The molecule has 2 N–H and O–H groups in total. The van der Waals surface area contributed by atoms with Gasteiger partial charge in [-0.05, 0) is 39.4 Å². The van der Waals surface area contributed by atoms with E-state index in [2.05, 4.69) is 42.8 Å². The SMILES string of the molecule is CCC(C)(C)c1cccc(N)c1Br. The van der Waals surface area contributed by atoms with E-state index in [4.69, 9.17) is 5.73 Å². The zero-order valence-electron chi connectivity index (χ0n) is 8.39. The zero-order valence-corrected chi connectivity index (χ0v) is 9.98. The summed E-state index contributed by atoms with van der Waals surface area (Å²) >= 11 is 3.53. The molecule has 0 saturated heterocycles. The van der Waals surface area contributed by atoms with E-state index < -0.39 is 0 Å². The fraction of sp³-hybridized carbons (Fsp3) is 0.455. The van der Waals surface area contributed by atoms with Gasteiger partial charge in [-0.15, -0.1) is 0 Å². The summed E-state index contributed by atoms with van der Waals surface area (Å²) in [7, 11) is 0. The zero-order chi connectivity index (χ0) is 10.1. The maximum absolute atomic E-state index is 5.83. The maximum atomic E-state index is 5.83. The normalized spacial score (nSPS) is 11.7. The van der Waals surface area contributed by atoms with Gasteiger partial charge in [0, 0.05) is 10.2 Å². The highest BCUT2D eigenvalue weighted by molar-refractivity contribution is 9.10. The Morgan fingerprint density at radius 3 is 2.54 bits per heavy atom. The van der Waals surface area contributed by atoms with Gasteiger partial charge >= 0.3 is 0 Å². The molecule has 72 valence electrons. The lowest BCUT2D eigenvalue weighted by atomic mass is 9.82. The van der Waals surface area contributed by atoms with Crippen molar-refractivity contribution in [2.24, 2.45) is 0 Å². The number of nitrogens with two attached hydrogens (primary N) is 1. The molecule has 0 unspecified atom stereocenters. The number of rotatable bonds is 2. The number of halogens is 1. The quantitative estimate of drug-likeness (QED) is 0.786. The van der Waals surface area contributed by atoms with Crippen LogP contribution in [0.1, 0.15) is 32.8 Å². The molecule has 0 amide bonds. The molecule has 2 heteroatoms. The van der Waals surface area contributed by atoms with E-state index in [0.717, 1.165) is 16.6 Å². The molecular weight excluding hydrogens is 226 g/mol. The van der Waals surface area contributed by atoms with E-state index in [1.807, 2.05) is 12.1 Å². The van der Waals surface area contributed by atoms with Crippen LogP contribution < -0.4 is 5.73 Å². The van der Waals surface area contributed by atoms with E-state index in [1.54, 1.807) is 0 Å². The van der Waals surface area contributed by atoms with Crippen LogP contribution in [0.15, 0.2) is 22.7 Å². The van der Waals surface area contributed by atoms with Crippen LogP contribution in [0, 0.1) is 0 Å². The summed E-state index contributed by atoms with van der Waals surface area (Å²) in [5, 5.41) is 0. The van der Waals surface area contributed by atoms with E-state index >= 15 is 0 Å². The van der Waals surface area contributed by atoms with Crippen LogP contribution in [0.4, 0.5) is 5.69 Å². The summed E-state index contributed by atoms with van der Waals surface area (Å²) in [5.74, 6) is 0. The van der Waals surface area contributed by atoms with Crippen LogP contribution in [0.2, 0.25) is 0 Å². The van der Waals surface area contributed by atoms with Crippen molar-refractivity contribution in [2.75, 3.05) is 5.73 Å². The average Bonchev–Trinajstić information content (AvgIpc) is 2.09. The van der Waals surface area contributed by atoms with Gasteiger partial charge in [0.25, 0.3) is 0 Å². The molecule has 1 nitrogen and oxygen atoms in total. The summed E-state index contributed by atoms with van der Waals surface area (Å²) < 4.78 is 1.04. The van der Waals surface area contributed by atoms with Crippen LogP contribution in [0.5, 0.6) is 0 Å². The van der Waals surface area contributed by atoms with Gasteiger partial charge in [-0.2, -0.15) is 0 Å². The van der Waals surface area contributed by atoms with Crippen molar-refractivity contribution in [3.63, 3.8) is 0 Å². The van der Waals surface area contributed by atoms with Gasteiger partial charge in [0.05, 0.1) is 0 Å². The Hall–Kier alpha value is -0.500. The van der Waals surface area contributed by atoms with Crippen LogP contribution in [0.25, 0.3) is 0 Å². The first-order valence-electron chi connectivity index (χ1n) is 4.53. The Bertz CT molecular complexity index is 305. The largest absolute Gasteiger partial charge is 0.398 e. The Labute approximate surface area is 88.5 Å². The molecule has 1 rings (SSSR count). The summed E-state index contributed by atoms with van der Waals surface area (Å²) in [6.45, 7) is 6.65. The highest BCUT2D eigenvalue weighted by Gasteiger charge is 2.21. The number of hydrogen-bond donors (Lipinski definition) is 1. The smallest absolute Gasteiger partial charge is 0.0461 e. The standard InChI is InChI=1S/C11H16BrN/c1-4-11(2,3)8-6-5-7-9(13)10(8)12/h5-7H,4,13H2,1-3H3. The lowest BCUT2D eigenvalue weighted by Crippen LogP contribution is -2.16. The summed E-state index contributed by atoms with van der Waals surface area (Å²) in [6, 6.07) is 6.05. The third-order valence-corrected chi connectivity index (χ3v) is 3.53. The second kappa shape index (κ2) is 3.70. The van der Waals surface area contributed by atoms with Crippen molar-refractivity contribution in [3.05, 3.63) is 28.2 Å². The van der Waals surface area contributed by atoms with E-state index in [0.29, 0.717) is 0 Å². The molecule has 0 saturated carbocycles. The predicted molar refractivity (Wildman–Crippen MR) is 61.9 cm³/mol. The number of hydrogen-bond acceptors (Lipinski definition) is 1. The monoisotopic (exact) mass is 241 g/mol. The Balaban J connectivity index is 3.22.